The van der Waals surface area contributed by atoms with Crippen LogP contribution < -0.4 is 10.5 Å². The van der Waals surface area contributed by atoms with E-state index < -0.39 is 0 Å². The highest BCUT2D eigenvalue weighted by Gasteiger charge is 1.99. The van der Waals surface area contributed by atoms with Crippen LogP contribution in [0.2, 0.25) is 0 Å². The molecule has 0 amide bonds. The number of aromatic nitrogens is 1. The van der Waals surface area contributed by atoms with E-state index >= 15 is 0 Å². The van der Waals surface area contributed by atoms with Crippen molar-refractivity contribution in [3.05, 3.63) is 41.4 Å². The van der Waals surface area contributed by atoms with Crippen molar-refractivity contribution in [2.45, 2.75) is 6.54 Å². The molecule has 1 aromatic heterocycles. The number of hydrogen-bond donors (Lipinski definition) is 1. The molecule has 0 aliphatic heterocycles. The van der Waals surface area contributed by atoms with Crippen molar-refractivity contribution >= 4 is 11.3 Å². The van der Waals surface area contributed by atoms with Crippen LogP contribution in [0.25, 0.3) is 0 Å². The largest absolute Gasteiger partial charge is 0.431 e. The van der Waals surface area contributed by atoms with Gasteiger partial charge in [0.1, 0.15) is 5.75 Å². The lowest BCUT2D eigenvalue weighted by atomic mass is 10.2. The van der Waals surface area contributed by atoms with Crippen LogP contribution in [0.5, 0.6) is 10.9 Å². The molecule has 1 aromatic carbocycles. The van der Waals surface area contributed by atoms with E-state index in [0.717, 1.165) is 11.3 Å². The summed E-state index contributed by atoms with van der Waals surface area (Å²) in [6.07, 6.45) is 1.72. The highest BCUT2D eigenvalue weighted by atomic mass is 32.1. The maximum atomic E-state index is 5.52. The van der Waals surface area contributed by atoms with Gasteiger partial charge in [-0.1, -0.05) is 23.5 Å². The SMILES string of the molecule is NCc1cccc(Oc2nccs2)c1. The number of thiazole rings is 1. The molecular formula is C10H10N2OS. The quantitative estimate of drug-likeness (QED) is 0.838. The number of nitrogens with two attached hydrogens (primary N) is 1. The Labute approximate surface area is 86.2 Å². The van der Waals surface area contributed by atoms with Crippen molar-refractivity contribution in [2.75, 3.05) is 0 Å². The minimum absolute atomic E-state index is 0.523. The van der Waals surface area contributed by atoms with Gasteiger partial charge in [-0.25, -0.2) is 4.98 Å². The van der Waals surface area contributed by atoms with Crippen molar-refractivity contribution in [2.24, 2.45) is 5.73 Å². The topological polar surface area (TPSA) is 48.1 Å². The fraction of sp³-hybridized carbons (Fsp3) is 0.100. The van der Waals surface area contributed by atoms with Gasteiger partial charge >= 0.3 is 0 Å². The molecule has 2 aromatic rings. The minimum atomic E-state index is 0.523. The van der Waals surface area contributed by atoms with Crippen molar-refractivity contribution in [3.63, 3.8) is 0 Å². The molecule has 14 heavy (non-hydrogen) atoms. The summed E-state index contributed by atoms with van der Waals surface area (Å²) < 4.78 is 5.51. The summed E-state index contributed by atoms with van der Waals surface area (Å²) in [7, 11) is 0. The molecule has 0 unspecified atom stereocenters. The van der Waals surface area contributed by atoms with Crippen LogP contribution in [0, 0.1) is 0 Å². The van der Waals surface area contributed by atoms with Gasteiger partial charge in [-0.15, -0.1) is 0 Å². The second kappa shape index (κ2) is 4.21. The molecule has 72 valence electrons. The molecule has 0 aliphatic rings. The maximum absolute atomic E-state index is 5.52. The third-order valence-corrected chi connectivity index (χ3v) is 2.40. The Morgan fingerprint density at radius 1 is 1.43 bits per heavy atom. The predicted molar refractivity (Wildman–Crippen MR) is 56.5 cm³/mol. The highest BCUT2D eigenvalue weighted by molar-refractivity contribution is 7.11. The Balaban J connectivity index is 2.17. The van der Waals surface area contributed by atoms with Crippen LogP contribution in [-0.4, -0.2) is 4.98 Å². The first-order valence-electron chi connectivity index (χ1n) is 4.25. The first-order valence-corrected chi connectivity index (χ1v) is 5.13. The molecule has 0 bridgehead atoms. The van der Waals surface area contributed by atoms with Gasteiger partial charge in [-0.2, -0.15) is 0 Å². The normalized spacial score (nSPS) is 10.1. The zero-order valence-electron chi connectivity index (χ0n) is 7.51. The molecule has 4 heteroatoms. The Morgan fingerprint density at radius 3 is 3.07 bits per heavy atom. The third kappa shape index (κ3) is 2.10. The van der Waals surface area contributed by atoms with Gasteiger partial charge in [0, 0.05) is 18.1 Å². The fourth-order valence-corrected chi connectivity index (χ4v) is 1.60. The summed E-state index contributed by atoms with van der Waals surface area (Å²) >= 11 is 1.47. The average Bonchev–Trinajstić information content (AvgIpc) is 2.71. The summed E-state index contributed by atoms with van der Waals surface area (Å²) in [5, 5.41) is 2.53. The molecule has 0 fully saturated rings. The fourth-order valence-electron chi connectivity index (χ4n) is 1.10. The van der Waals surface area contributed by atoms with Crippen molar-refractivity contribution in [1.29, 1.82) is 0 Å². The summed E-state index contributed by atoms with van der Waals surface area (Å²) in [6.45, 7) is 0.523. The molecule has 0 saturated heterocycles. The molecule has 1 heterocycles. The van der Waals surface area contributed by atoms with Gasteiger partial charge in [0.05, 0.1) is 0 Å². The zero-order valence-corrected chi connectivity index (χ0v) is 8.33. The van der Waals surface area contributed by atoms with Crippen LogP contribution >= 0.6 is 11.3 Å². The molecule has 0 spiro atoms. The van der Waals surface area contributed by atoms with Crippen molar-refractivity contribution < 1.29 is 4.74 Å². The number of rotatable bonds is 3. The number of nitrogens with zero attached hydrogens (tertiary/aromatic N) is 1. The summed E-state index contributed by atoms with van der Waals surface area (Å²) in [5.41, 5.74) is 6.58. The lowest BCUT2D eigenvalue weighted by Gasteiger charge is -2.02. The predicted octanol–water partition coefficient (Wildman–Crippen LogP) is 2.39. The maximum Gasteiger partial charge on any atom is 0.278 e. The van der Waals surface area contributed by atoms with E-state index in [1.807, 2.05) is 29.6 Å². The Morgan fingerprint density at radius 2 is 2.36 bits per heavy atom. The number of ether oxygens (including phenoxy) is 1. The van der Waals surface area contributed by atoms with Gasteiger partial charge in [-0.3, -0.25) is 0 Å². The van der Waals surface area contributed by atoms with E-state index in [1.165, 1.54) is 11.3 Å². The number of hydrogen-bond acceptors (Lipinski definition) is 4. The monoisotopic (exact) mass is 206 g/mol. The Hall–Kier alpha value is -1.39. The second-order valence-corrected chi connectivity index (χ2v) is 3.61. The van der Waals surface area contributed by atoms with E-state index in [2.05, 4.69) is 4.98 Å². The highest BCUT2D eigenvalue weighted by Crippen LogP contribution is 2.23. The molecule has 2 rings (SSSR count). The molecule has 0 aliphatic carbocycles. The van der Waals surface area contributed by atoms with E-state index in [-0.39, 0.29) is 0 Å². The van der Waals surface area contributed by atoms with E-state index in [9.17, 15) is 0 Å². The summed E-state index contributed by atoms with van der Waals surface area (Å²) in [5.74, 6) is 0.780. The smallest absolute Gasteiger partial charge is 0.278 e. The Bertz CT molecular complexity index is 400. The minimum Gasteiger partial charge on any atom is -0.431 e. The van der Waals surface area contributed by atoms with Gasteiger partial charge in [0.2, 0.25) is 0 Å². The second-order valence-electron chi connectivity index (χ2n) is 2.75. The molecular weight excluding hydrogens is 196 g/mol. The molecule has 2 N–H and O–H groups in total. The standard InChI is InChI=1S/C10H10N2OS/c11-7-8-2-1-3-9(6-8)13-10-12-4-5-14-10/h1-6H,7,11H2. The Kier molecular flexibility index (Phi) is 2.76. The van der Waals surface area contributed by atoms with Gasteiger partial charge in [-0.05, 0) is 17.7 Å². The van der Waals surface area contributed by atoms with Gasteiger partial charge in [0.25, 0.3) is 5.19 Å². The van der Waals surface area contributed by atoms with Crippen molar-refractivity contribution in [1.82, 2.24) is 4.98 Å². The van der Waals surface area contributed by atoms with Gasteiger partial charge < -0.3 is 10.5 Å². The first kappa shape index (κ1) is 9.18. The molecule has 0 saturated carbocycles. The average molecular weight is 206 g/mol. The summed E-state index contributed by atoms with van der Waals surface area (Å²) in [4.78, 5) is 4.03. The zero-order chi connectivity index (χ0) is 9.80. The lowest BCUT2D eigenvalue weighted by Crippen LogP contribution is -1.95. The van der Waals surface area contributed by atoms with E-state index in [4.69, 9.17) is 10.5 Å². The molecule has 0 radical (unpaired) electrons. The molecule has 3 nitrogen and oxygen atoms in total. The van der Waals surface area contributed by atoms with E-state index in [0.29, 0.717) is 11.7 Å². The van der Waals surface area contributed by atoms with Crippen LogP contribution in [0.3, 0.4) is 0 Å². The molecule has 0 atom stereocenters. The lowest BCUT2D eigenvalue weighted by molar-refractivity contribution is 0.478. The van der Waals surface area contributed by atoms with Crippen LogP contribution in [0.4, 0.5) is 0 Å². The van der Waals surface area contributed by atoms with E-state index in [1.54, 1.807) is 6.20 Å². The van der Waals surface area contributed by atoms with Crippen molar-refractivity contribution in [3.8, 4) is 10.9 Å². The number of benzene rings is 1. The first-order chi connectivity index (χ1) is 6.88. The van der Waals surface area contributed by atoms with Gasteiger partial charge in [0.15, 0.2) is 0 Å². The van der Waals surface area contributed by atoms with Crippen LogP contribution in [0.15, 0.2) is 35.8 Å². The van der Waals surface area contributed by atoms with Crippen LogP contribution in [-0.2, 0) is 6.54 Å². The summed E-state index contributed by atoms with van der Waals surface area (Å²) in [6, 6.07) is 7.70. The van der Waals surface area contributed by atoms with Crippen LogP contribution in [0.1, 0.15) is 5.56 Å². The third-order valence-electron chi connectivity index (χ3n) is 1.75.